The van der Waals surface area contributed by atoms with Crippen LogP contribution in [0.25, 0.3) is 0 Å². The van der Waals surface area contributed by atoms with Crippen molar-refractivity contribution >= 4 is 5.91 Å². The van der Waals surface area contributed by atoms with Gasteiger partial charge in [0.25, 0.3) is 5.91 Å². The molecule has 1 aromatic heterocycles. The van der Waals surface area contributed by atoms with E-state index >= 15 is 0 Å². The first-order valence-corrected chi connectivity index (χ1v) is 7.37. The smallest absolute Gasteiger partial charge is 0.254 e. The zero-order valence-electron chi connectivity index (χ0n) is 12.2. The molecule has 1 saturated heterocycles. The van der Waals surface area contributed by atoms with Crippen LogP contribution in [-0.4, -0.2) is 47.0 Å². The van der Waals surface area contributed by atoms with Crippen LogP contribution in [0.1, 0.15) is 16.8 Å². The summed E-state index contributed by atoms with van der Waals surface area (Å²) in [6.07, 6.45) is 5.66. The van der Waals surface area contributed by atoms with Crippen LogP contribution < -0.4 is 10.1 Å². The van der Waals surface area contributed by atoms with E-state index in [-0.39, 0.29) is 5.91 Å². The molecule has 22 heavy (non-hydrogen) atoms. The Labute approximate surface area is 129 Å². The number of hydrogen-bond acceptors (Lipinski definition) is 5. The van der Waals surface area contributed by atoms with Gasteiger partial charge in [0.1, 0.15) is 5.75 Å². The van der Waals surface area contributed by atoms with Gasteiger partial charge in [0.15, 0.2) is 0 Å². The summed E-state index contributed by atoms with van der Waals surface area (Å²) in [6.45, 7) is 3.30. The van der Waals surface area contributed by atoms with Crippen molar-refractivity contribution < 1.29 is 9.53 Å². The zero-order chi connectivity index (χ0) is 15.2. The Hall–Kier alpha value is -2.47. The predicted octanol–water partition coefficient (Wildman–Crippen LogP) is 1.70. The number of hydrogen-bond donors (Lipinski definition) is 1. The summed E-state index contributed by atoms with van der Waals surface area (Å²) in [6, 6.07) is 7.17. The van der Waals surface area contributed by atoms with E-state index in [4.69, 9.17) is 4.74 Å². The standard InChI is InChI=1S/C16H18N4O2/c21-16(20-9-2-5-17-8-10-20)13-3-1-4-14(11-13)22-15-12-18-6-7-19-15/h1,3-4,6-7,11-12,17H,2,5,8-10H2. The molecule has 0 aliphatic carbocycles. The maximum atomic E-state index is 12.6. The fourth-order valence-corrected chi connectivity index (χ4v) is 2.38. The van der Waals surface area contributed by atoms with Crippen molar-refractivity contribution in [1.82, 2.24) is 20.2 Å². The molecule has 0 bridgehead atoms. The molecular formula is C16H18N4O2. The molecule has 6 nitrogen and oxygen atoms in total. The summed E-state index contributed by atoms with van der Waals surface area (Å²) in [7, 11) is 0. The lowest BCUT2D eigenvalue weighted by molar-refractivity contribution is 0.0766. The van der Waals surface area contributed by atoms with Crippen LogP contribution in [-0.2, 0) is 0 Å². The molecule has 1 aliphatic rings. The highest BCUT2D eigenvalue weighted by Crippen LogP contribution is 2.20. The van der Waals surface area contributed by atoms with E-state index in [2.05, 4.69) is 15.3 Å². The number of rotatable bonds is 3. The van der Waals surface area contributed by atoms with Gasteiger partial charge in [-0.05, 0) is 31.2 Å². The molecule has 1 aliphatic heterocycles. The molecule has 0 radical (unpaired) electrons. The molecule has 114 valence electrons. The average molecular weight is 298 g/mol. The van der Waals surface area contributed by atoms with E-state index in [1.807, 2.05) is 17.0 Å². The molecule has 6 heteroatoms. The number of amides is 1. The number of carbonyl (C=O) groups excluding carboxylic acids is 1. The fraction of sp³-hybridized carbons (Fsp3) is 0.312. The summed E-state index contributed by atoms with van der Waals surface area (Å²) in [5.41, 5.74) is 0.628. The molecule has 1 N–H and O–H groups in total. The SMILES string of the molecule is O=C(c1cccc(Oc2cnccn2)c1)N1CCCNCC1. The van der Waals surface area contributed by atoms with Crippen LogP contribution >= 0.6 is 0 Å². The molecule has 2 heterocycles. The molecule has 1 fully saturated rings. The Kier molecular flexibility index (Phi) is 4.60. The number of carbonyl (C=O) groups is 1. The highest BCUT2D eigenvalue weighted by molar-refractivity contribution is 5.94. The largest absolute Gasteiger partial charge is 0.437 e. The normalized spacial score (nSPS) is 15.2. The number of nitrogens with one attached hydrogen (secondary N) is 1. The molecule has 0 saturated carbocycles. The van der Waals surface area contributed by atoms with Crippen LogP contribution in [0.15, 0.2) is 42.9 Å². The van der Waals surface area contributed by atoms with Gasteiger partial charge in [0.2, 0.25) is 5.88 Å². The topological polar surface area (TPSA) is 67.3 Å². The van der Waals surface area contributed by atoms with Crippen molar-refractivity contribution in [2.24, 2.45) is 0 Å². The van der Waals surface area contributed by atoms with Crippen molar-refractivity contribution in [2.45, 2.75) is 6.42 Å². The first-order chi connectivity index (χ1) is 10.8. The molecule has 0 unspecified atom stereocenters. The third-order valence-electron chi connectivity index (χ3n) is 3.47. The van der Waals surface area contributed by atoms with Crippen molar-refractivity contribution in [3.63, 3.8) is 0 Å². The predicted molar refractivity (Wildman–Crippen MR) is 81.9 cm³/mol. The van der Waals surface area contributed by atoms with Crippen molar-refractivity contribution in [3.8, 4) is 11.6 Å². The number of benzene rings is 1. The Morgan fingerprint density at radius 3 is 3.05 bits per heavy atom. The van der Waals surface area contributed by atoms with E-state index < -0.39 is 0 Å². The highest BCUT2D eigenvalue weighted by Gasteiger charge is 2.17. The maximum Gasteiger partial charge on any atom is 0.254 e. The Morgan fingerprint density at radius 2 is 2.18 bits per heavy atom. The van der Waals surface area contributed by atoms with Gasteiger partial charge < -0.3 is 15.0 Å². The molecule has 3 rings (SSSR count). The maximum absolute atomic E-state index is 12.6. The lowest BCUT2D eigenvalue weighted by Gasteiger charge is -2.20. The first-order valence-electron chi connectivity index (χ1n) is 7.37. The Morgan fingerprint density at radius 1 is 1.23 bits per heavy atom. The van der Waals surface area contributed by atoms with E-state index in [1.165, 1.54) is 6.20 Å². The van der Waals surface area contributed by atoms with Crippen LogP contribution in [0, 0.1) is 0 Å². The lowest BCUT2D eigenvalue weighted by Crippen LogP contribution is -2.34. The van der Waals surface area contributed by atoms with Gasteiger partial charge in [-0.3, -0.25) is 9.78 Å². The zero-order valence-corrected chi connectivity index (χ0v) is 12.2. The Balaban J connectivity index is 1.74. The number of aromatic nitrogens is 2. The van der Waals surface area contributed by atoms with E-state index in [0.29, 0.717) is 17.2 Å². The van der Waals surface area contributed by atoms with Crippen LogP contribution in [0.2, 0.25) is 0 Å². The number of ether oxygens (including phenoxy) is 1. The van der Waals surface area contributed by atoms with Crippen LogP contribution in [0.3, 0.4) is 0 Å². The van der Waals surface area contributed by atoms with Crippen LogP contribution in [0.4, 0.5) is 0 Å². The highest BCUT2D eigenvalue weighted by atomic mass is 16.5. The van der Waals surface area contributed by atoms with Crippen molar-refractivity contribution in [2.75, 3.05) is 26.2 Å². The minimum atomic E-state index is 0.0355. The summed E-state index contributed by atoms with van der Waals surface area (Å²) in [4.78, 5) is 22.5. The van der Waals surface area contributed by atoms with Gasteiger partial charge >= 0.3 is 0 Å². The molecule has 1 aromatic carbocycles. The van der Waals surface area contributed by atoms with Gasteiger partial charge in [-0.25, -0.2) is 4.98 Å². The second-order valence-electron chi connectivity index (χ2n) is 5.07. The average Bonchev–Trinajstić information content (AvgIpc) is 2.85. The molecule has 0 atom stereocenters. The third-order valence-corrected chi connectivity index (χ3v) is 3.47. The minimum absolute atomic E-state index is 0.0355. The lowest BCUT2D eigenvalue weighted by atomic mass is 10.2. The Bertz CT molecular complexity index is 625. The molecule has 1 amide bonds. The molecule has 2 aromatic rings. The molecular weight excluding hydrogens is 280 g/mol. The third kappa shape index (κ3) is 3.59. The van der Waals surface area contributed by atoms with Gasteiger partial charge in [0, 0.05) is 37.6 Å². The van der Waals surface area contributed by atoms with Gasteiger partial charge in [0.05, 0.1) is 6.20 Å². The number of nitrogens with zero attached hydrogens (tertiary/aromatic N) is 3. The quantitative estimate of drug-likeness (QED) is 0.934. The summed E-state index contributed by atoms with van der Waals surface area (Å²) >= 11 is 0. The summed E-state index contributed by atoms with van der Waals surface area (Å²) in [5, 5.41) is 3.29. The van der Waals surface area contributed by atoms with Crippen molar-refractivity contribution in [1.29, 1.82) is 0 Å². The van der Waals surface area contributed by atoms with E-state index in [1.54, 1.807) is 24.5 Å². The van der Waals surface area contributed by atoms with E-state index in [0.717, 1.165) is 32.6 Å². The minimum Gasteiger partial charge on any atom is -0.437 e. The van der Waals surface area contributed by atoms with E-state index in [9.17, 15) is 4.79 Å². The molecule has 0 spiro atoms. The van der Waals surface area contributed by atoms with Gasteiger partial charge in [-0.1, -0.05) is 6.07 Å². The van der Waals surface area contributed by atoms with Gasteiger partial charge in [-0.2, -0.15) is 0 Å². The first kappa shape index (κ1) is 14.5. The van der Waals surface area contributed by atoms with Gasteiger partial charge in [-0.15, -0.1) is 0 Å². The van der Waals surface area contributed by atoms with Crippen LogP contribution in [0.5, 0.6) is 11.6 Å². The summed E-state index contributed by atoms with van der Waals surface area (Å²) in [5.74, 6) is 1.03. The fourth-order valence-electron chi connectivity index (χ4n) is 2.38. The monoisotopic (exact) mass is 298 g/mol. The summed E-state index contributed by atoms with van der Waals surface area (Å²) < 4.78 is 5.62. The van der Waals surface area contributed by atoms with Crippen molar-refractivity contribution in [3.05, 3.63) is 48.4 Å². The second-order valence-corrected chi connectivity index (χ2v) is 5.07. The second kappa shape index (κ2) is 7.00.